The molecule has 0 amide bonds. The van der Waals surface area contributed by atoms with Crippen LogP contribution < -0.4 is 5.73 Å². The fraction of sp³-hybridized carbons (Fsp3) is 1.00. The highest BCUT2D eigenvalue weighted by Gasteiger charge is 2.29. The molecule has 1 heterocycles. The minimum absolute atomic E-state index is 0.0474. The number of nitrogens with two attached hydrogens (primary N) is 1. The number of aliphatic hydroxyl groups is 1. The van der Waals surface area contributed by atoms with Gasteiger partial charge in [0.15, 0.2) is 0 Å². The van der Waals surface area contributed by atoms with Crippen LogP contribution in [0.4, 0.5) is 0 Å². The lowest BCUT2D eigenvalue weighted by molar-refractivity contribution is 0.107. The second kappa shape index (κ2) is 6.17. The van der Waals surface area contributed by atoms with Gasteiger partial charge in [0, 0.05) is 12.1 Å². The number of likely N-dealkylation sites (tertiary alicyclic amines) is 1. The molecule has 0 saturated carbocycles. The summed E-state index contributed by atoms with van der Waals surface area (Å²) in [5.74, 6) is 0.792. The molecule has 0 radical (unpaired) electrons. The summed E-state index contributed by atoms with van der Waals surface area (Å²) in [6.07, 6.45) is 3.76. The zero-order valence-electron chi connectivity index (χ0n) is 11.9. The molecule has 3 nitrogen and oxygen atoms in total. The first-order chi connectivity index (χ1) is 7.86. The van der Waals surface area contributed by atoms with Crippen molar-refractivity contribution >= 4 is 0 Å². The first kappa shape index (κ1) is 14.9. The Balaban J connectivity index is 2.58. The molecule has 3 heteroatoms. The third kappa shape index (κ3) is 4.23. The van der Waals surface area contributed by atoms with E-state index in [9.17, 15) is 5.11 Å². The van der Waals surface area contributed by atoms with Crippen LogP contribution >= 0.6 is 0 Å². The van der Waals surface area contributed by atoms with Crippen molar-refractivity contribution in [3.8, 4) is 0 Å². The summed E-state index contributed by atoms with van der Waals surface area (Å²) >= 11 is 0. The third-order valence-electron chi connectivity index (χ3n) is 4.25. The van der Waals surface area contributed by atoms with Crippen LogP contribution in [0.1, 0.15) is 47.0 Å². The van der Waals surface area contributed by atoms with Gasteiger partial charge in [-0.1, -0.05) is 20.8 Å². The van der Waals surface area contributed by atoms with Crippen LogP contribution in [-0.2, 0) is 0 Å². The molecule has 0 aromatic heterocycles. The monoisotopic (exact) mass is 242 g/mol. The Labute approximate surface area is 106 Å². The smallest absolute Gasteiger partial charge is 0.0601 e. The van der Waals surface area contributed by atoms with Crippen molar-refractivity contribution in [1.29, 1.82) is 0 Å². The maximum Gasteiger partial charge on any atom is 0.0601 e. The summed E-state index contributed by atoms with van der Waals surface area (Å²) in [7, 11) is 0. The zero-order valence-corrected chi connectivity index (χ0v) is 11.9. The summed E-state index contributed by atoms with van der Waals surface area (Å²) < 4.78 is 0. The molecule has 1 saturated heterocycles. The molecule has 3 unspecified atom stereocenters. The molecule has 0 bridgehead atoms. The van der Waals surface area contributed by atoms with E-state index in [0.29, 0.717) is 5.41 Å². The van der Waals surface area contributed by atoms with Crippen LogP contribution in [-0.4, -0.2) is 41.8 Å². The van der Waals surface area contributed by atoms with Crippen LogP contribution in [0, 0.1) is 11.3 Å². The fourth-order valence-electron chi connectivity index (χ4n) is 2.93. The molecule has 1 aliphatic heterocycles. The standard InChI is InChI=1S/C14H30N2O/c1-11(15)13(10-17)16-8-5-6-12(7-9-16)14(2,3)4/h11-13,17H,5-10,15H2,1-4H3. The summed E-state index contributed by atoms with van der Waals surface area (Å²) in [6.45, 7) is 11.3. The molecule has 17 heavy (non-hydrogen) atoms. The highest BCUT2D eigenvalue weighted by atomic mass is 16.3. The summed E-state index contributed by atoms with van der Waals surface area (Å²) in [5.41, 5.74) is 6.35. The molecule has 3 N–H and O–H groups in total. The lowest BCUT2D eigenvalue weighted by Gasteiger charge is -2.33. The number of nitrogens with zero attached hydrogens (tertiary/aromatic N) is 1. The third-order valence-corrected chi connectivity index (χ3v) is 4.25. The van der Waals surface area contributed by atoms with Gasteiger partial charge in [0.25, 0.3) is 0 Å². The molecule has 1 aliphatic rings. The Morgan fingerprint density at radius 3 is 2.41 bits per heavy atom. The largest absolute Gasteiger partial charge is 0.395 e. The average Bonchev–Trinajstić information content (AvgIpc) is 2.43. The van der Waals surface area contributed by atoms with Gasteiger partial charge in [-0.25, -0.2) is 0 Å². The van der Waals surface area contributed by atoms with Crippen LogP contribution in [0.5, 0.6) is 0 Å². The lowest BCUT2D eigenvalue weighted by atomic mass is 9.77. The van der Waals surface area contributed by atoms with Gasteiger partial charge >= 0.3 is 0 Å². The quantitative estimate of drug-likeness (QED) is 0.794. The Bertz CT molecular complexity index is 223. The van der Waals surface area contributed by atoms with Crippen molar-refractivity contribution in [3.05, 3.63) is 0 Å². The maximum absolute atomic E-state index is 9.44. The molecule has 0 aliphatic carbocycles. The van der Waals surface area contributed by atoms with Gasteiger partial charge < -0.3 is 10.8 Å². The molecular formula is C14H30N2O. The summed E-state index contributed by atoms with van der Waals surface area (Å²) in [4.78, 5) is 2.39. The van der Waals surface area contributed by atoms with E-state index < -0.39 is 0 Å². The fourth-order valence-corrected chi connectivity index (χ4v) is 2.93. The van der Waals surface area contributed by atoms with Gasteiger partial charge in [-0.15, -0.1) is 0 Å². The molecule has 1 fully saturated rings. The molecule has 102 valence electrons. The normalized spacial score (nSPS) is 27.5. The van der Waals surface area contributed by atoms with Gasteiger partial charge in [-0.2, -0.15) is 0 Å². The summed E-state index contributed by atoms with van der Waals surface area (Å²) in [5, 5.41) is 9.44. The second-order valence-corrected chi connectivity index (χ2v) is 6.64. The van der Waals surface area contributed by atoms with Gasteiger partial charge in [0.2, 0.25) is 0 Å². The maximum atomic E-state index is 9.44. The van der Waals surface area contributed by atoms with E-state index in [1.165, 1.54) is 19.3 Å². The van der Waals surface area contributed by atoms with Crippen molar-refractivity contribution < 1.29 is 5.11 Å². The predicted molar refractivity (Wildman–Crippen MR) is 72.9 cm³/mol. The van der Waals surface area contributed by atoms with E-state index in [1.807, 2.05) is 6.92 Å². The lowest BCUT2D eigenvalue weighted by Crippen LogP contribution is -2.49. The molecule has 0 aromatic rings. The first-order valence-electron chi connectivity index (χ1n) is 6.96. The van der Waals surface area contributed by atoms with Gasteiger partial charge in [-0.3, -0.25) is 4.90 Å². The van der Waals surface area contributed by atoms with Crippen molar-refractivity contribution in [2.45, 2.75) is 59.0 Å². The van der Waals surface area contributed by atoms with E-state index in [4.69, 9.17) is 5.73 Å². The van der Waals surface area contributed by atoms with Crippen LogP contribution in [0.2, 0.25) is 0 Å². The van der Waals surface area contributed by atoms with Crippen molar-refractivity contribution in [1.82, 2.24) is 4.90 Å². The van der Waals surface area contributed by atoms with Crippen molar-refractivity contribution in [3.63, 3.8) is 0 Å². The Hall–Kier alpha value is -0.120. The average molecular weight is 242 g/mol. The Kier molecular flexibility index (Phi) is 5.42. The minimum atomic E-state index is 0.0474. The molecule has 3 atom stereocenters. The van der Waals surface area contributed by atoms with Crippen LogP contribution in [0.25, 0.3) is 0 Å². The Morgan fingerprint density at radius 1 is 1.29 bits per heavy atom. The number of aliphatic hydroxyl groups excluding tert-OH is 1. The number of rotatable bonds is 3. The van der Waals surface area contributed by atoms with Crippen LogP contribution in [0.3, 0.4) is 0 Å². The predicted octanol–water partition coefficient (Wildman–Crippen LogP) is 1.84. The van der Waals surface area contributed by atoms with E-state index >= 15 is 0 Å². The van der Waals surface area contributed by atoms with Gasteiger partial charge in [0.05, 0.1) is 6.61 Å². The van der Waals surface area contributed by atoms with Crippen LogP contribution in [0.15, 0.2) is 0 Å². The molecular weight excluding hydrogens is 212 g/mol. The highest BCUT2D eigenvalue weighted by molar-refractivity contribution is 4.84. The van der Waals surface area contributed by atoms with Gasteiger partial charge in [0.1, 0.15) is 0 Å². The minimum Gasteiger partial charge on any atom is -0.395 e. The number of hydrogen-bond acceptors (Lipinski definition) is 3. The molecule has 0 aromatic carbocycles. The van der Waals surface area contributed by atoms with Crippen molar-refractivity contribution in [2.24, 2.45) is 17.1 Å². The van der Waals surface area contributed by atoms with Crippen molar-refractivity contribution in [2.75, 3.05) is 19.7 Å². The molecule has 1 rings (SSSR count). The zero-order chi connectivity index (χ0) is 13.1. The van der Waals surface area contributed by atoms with E-state index in [-0.39, 0.29) is 18.7 Å². The summed E-state index contributed by atoms with van der Waals surface area (Å²) in [6, 6.07) is 0.180. The van der Waals surface area contributed by atoms with Gasteiger partial charge in [-0.05, 0) is 50.6 Å². The number of hydrogen-bond donors (Lipinski definition) is 2. The van der Waals surface area contributed by atoms with E-state index in [1.54, 1.807) is 0 Å². The highest BCUT2D eigenvalue weighted by Crippen LogP contribution is 2.34. The SMILES string of the molecule is CC(N)C(CO)N1CCCC(C(C)(C)C)CC1. The Morgan fingerprint density at radius 2 is 1.94 bits per heavy atom. The topological polar surface area (TPSA) is 49.5 Å². The first-order valence-corrected chi connectivity index (χ1v) is 6.96. The molecule has 0 spiro atoms. The van der Waals surface area contributed by atoms with E-state index in [2.05, 4.69) is 25.7 Å². The van der Waals surface area contributed by atoms with E-state index in [0.717, 1.165) is 19.0 Å². The second-order valence-electron chi connectivity index (χ2n) is 6.64.